The zero-order valence-electron chi connectivity index (χ0n) is 18.7. The van der Waals surface area contributed by atoms with Gasteiger partial charge in [-0.1, -0.05) is 54.6 Å². The van der Waals surface area contributed by atoms with Crippen molar-refractivity contribution in [3.63, 3.8) is 0 Å². The average Bonchev–Trinajstić information content (AvgIpc) is 3.46. The van der Waals surface area contributed by atoms with Crippen LogP contribution in [-0.2, 0) is 9.47 Å². The van der Waals surface area contributed by atoms with Crippen LogP contribution in [0.1, 0.15) is 29.0 Å². The highest BCUT2D eigenvalue weighted by atomic mass is 16.7. The zero-order valence-corrected chi connectivity index (χ0v) is 18.7. The Labute approximate surface area is 192 Å². The fraction of sp³-hybridized carbons (Fsp3) is 0.240. The van der Waals surface area contributed by atoms with Crippen LogP contribution in [0.5, 0.6) is 5.75 Å². The first-order valence-corrected chi connectivity index (χ1v) is 10.7. The predicted octanol–water partition coefficient (Wildman–Crippen LogP) is 4.07. The van der Waals surface area contributed by atoms with E-state index in [0.29, 0.717) is 5.82 Å². The summed E-state index contributed by atoms with van der Waals surface area (Å²) in [4.78, 5) is 0. The lowest BCUT2D eigenvalue weighted by molar-refractivity contribution is -0.115. The van der Waals surface area contributed by atoms with Crippen LogP contribution in [0.3, 0.4) is 0 Å². The number of aromatic nitrogens is 4. The van der Waals surface area contributed by atoms with Gasteiger partial charge in [-0.2, -0.15) is 0 Å². The lowest BCUT2D eigenvalue weighted by Crippen LogP contribution is -2.32. The van der Waals surface area contributed by atoms with Gasteiger partial charge < -0.3 is 19.5 Å². The molecule has 5 rings (SSSR count). The van der Waals surface area contributed by atoms with Gasteiger partial charge in [0.25, 0.3) is 0 Å². The third-order valence-corrected chi connectivity index (χ3v) is 5.97. The monoisotopic (exact) mass is 443 g/mol. The number of nitrogens with one attached hydrogen (secondary N) is 1. The van der Waals surface area contributed by atoms with Crippen molar-refractivity contribution in [3.8, 4) is 16.9 Å². The Balaban J connectivity index is 1.61. The van der Waals surface area contributed by atoms with Gasteiger partial charge in [0.2, 0.25) is 0 Å². The number of tetrazole rings is 1. The first kappa shape index (κ1) is 21.1. The van der Waals surface area contributed by atoms with Crippen LogP contribution in [0.4, 0.5) is 5.69 Å². The van der Waals surface area contributed by atoms with E-state index in [1.807, 2.05) is 41.1 Å². The van der Waals surface area contributed by atoms with E-state index in [-0.39, 0.29) is 6.04 Å². The predicted molar refractivity (Wildman–Crippen MR) is 124 cm³/mol. The number of ether oxygens (including phenoxy) is 3. The van der Waals surface area contributed by atoms with Gasteiger partial charge in [-0.05, 0) is 44.8 Å². The van der Waals surface area contributed by atoms with Crippen molar-refractivity contribution in [2.24, 2.45) is 0 Å². The second-order valence-corrected chi connectivity index (χ2v) is 7.75. The molecule has 168 valence electrons. The molecule has 0 amide bonds. The normalized spacial score (nSPS) is 13.6. The molecule has 0 radical (unpaired) electrons. The summed E-state index contributed by atoms with van der Waals surface area (Å²) in [6.45, 7) is 0. The highest BCUT2D eigenvalue weighted by Gasteiger charge is 2.36. The van der Waals surface area contributed by atoms with Crippen LogP contribution in [0, 0.1) is 0 Å². The second-order valence-electron chi connectivity index (χ2n) is 7.75. The van der Waals surface area contributed by atoms with E-state index >= 15 is 0 Å². The molecule has 0 saturated carbocycles. The van der Waals surface area contributed by atoms with Crippen molar-refractivity contribution in [2.45, 2.75) is 18.4 Å². The molecule has 1 unspecified atom stereocenters. The summed E-state index contributed by atoms with van der Waals surface area (Å²) in [5, 5.41) is 16.4. The molecule has 0 saturated heterocycles. The first-order chi connectivity index (χ1) is 16.2. The highest BCUT2D eigenvalue weighted by Crippen LogP contribution is 2.45. The number of hydrogen-bond donors (Lipinski definition) is 1. The Morgan fingerprint density at radius 1 is 0.848 bits per heavy atom. The molecule has 1 aliphatic carbocycles. The van der Waals surface area contributed by atoms with E-state index in [9.17, 15) is 0 Å². The van der Waals surface area contributed by atoms with E-state index in [2.05, 4.69) is 57.2 Å². The molecule has 1 N–H and O–H groups in total. The number of methoxy groups -OCH3 is 3. The number of rotatable bonds is 8. The van der Waals surface area contributed by atoms with Gasteiger partial charge in [0.1, 0.15) is 17.8 Å². The van der Waals surface area contributed by atoms with Gasteiger partial charge in [-0.3, -0.25) is 0 Å². The summed E-state index contributed by atoms with van der Waals surface area (Å²) < 4.78 is 18.5. The maximum atomic E-state index is 5.65. The van der Waals surface area contributed by atoms with Crippen LogP contribution in [-0.4, -0.2) is 47.8 Å². The Morgan fingerprint density at radius 2 is 1.52 bits per heavy atom. The minimum atomic E-state index is -0.632. The lowest BCUT2D eigenvalue weighted by Gasteiger charge is -2.27. The Bertz CT molecular complexity index is 1210. The molecule has 4 aromatic rings. The van der Waals surface area contributed by atoms with E-state index in [4.69, 9.17) is 14.2 Å². The number of hydrogen-bond acceptors (Lipinski definition) is 7. The molecule has 8 nitrogen and oxygen atoms in total. The third kappa shape index (κ3) is 3.73. The number of benzene rings is 3. The maximum Gasteiger partial charge on any atom is 0.184 e. The minimum Gasteiger partial charge on any atom is -0.497 e. The molecule has 1 heterocycles. The van der Waals surface area contributed by atoms with Crippen LogP contribution < -0.4 is 10.1 Å². The van der Waals surface area contributed by atoms with Crippen molar-refractivity contribution >= 4 is 5.69 Å². The van der Waals surface area contributed by atoms with Gasteiger partial charge in [-0.15, -0.1) is 5.10 Å². The van der Waals surface area contributed by atoms with Crippen LogP contribution in [0.2, 0.25) is 0 Å². The van der Waals surface area contributed by atoms with E-state index in [1.165, 1.54) is 11.1 Å². The molecule has 33 heavy (non-hydrogen) atoms. The molecule has 0 bridgehead atoms. The molecule has 0 aliphatic heterocycles. The molecule has 8 heteroatoms. The summed E-state index contributed by atoms with van der Waals surface area (Å²) in [5.74, 6) is 1.34. The van der Waals surface area contributed by atoms with Gasteiger partial charge in [-0.25, -0.2) is 4.68 Å². The third-order valence-electron chi connectivity index (χ3n) is 5.97. The quantitative estimate of drug-likeness (QED) is 0.362. The molecular weight excluding hydrogens is 418 g/mol. The topological polar surface area (TPSA) is 83.3 Å². The summed E-state index contributed by atoms with van der Waals surface area (Å²) >= 11 is 0. The Kier molecular flexibility index (Phi) is 5.77. The summed E-state index contributed by atoms with van der Waals surface area (Å²) in [5.41, 5.74) is 5.51. The Hall–Kier alpha value is -3.75. The molecular formula is C25H25N5O3. The molecule has 1 aliphatic rings. The highest BCUT2D eigenvalue weighted by molar-refractivity contribution is 5.78. The van der Waals surface area contributed by atoms with Crippen molar-refractivity contribution in [1.82, 2.24) is 20.2 Å². The summed E-state index contributed by atoms with van der Waals surface area (Å²) in [7, 11) is 4.84. The minimum absolute atomic E-state index is 0.161. The van der Waals surface area contributed by atoms with Crippen molar-refractivity contribution < 1.29 is 14.2 Å². The van der Waals surface area contributed by atoms with Crippen LogP contribution in [0.15, 0.2) is 72.8 Å². The second kappa shape index (κ2) is 9.01. The van der Waals surface area contributed by atoms with Crippen molar-refractivity contribution in [3.05, 3.63) is 89.7 Å². The number of anilines is 1. The molecule has 1 aromatic heterocycles. The van der Waals surface area contributed by atoms with Crippen LogP contribution >= 0.6 is 0 Å². The summed E-state index contributed by atoms with van der Waals surface area (Å²) in [6, 6.07) is 23.7. The molecule has 1 atom stereocenters. The van der Waals surface area contributed by atoms with E-state index in [1.54, 1.807) is 21.3 Å². The molecule has 0 fully saturated rings. The summed E-state index contributed by atoms with van der Waals surface area (Å²) in [6.07, 6.45) is -0.632. The fourth-order valence-corrected chi connectivity index (χ4v) is 4.50. The van der Waals surface area contributed by atoms with Crippen molar-refractivity contribution in [1.29, 1.82) is 0 Å². The number of fused-ring (bicyclic) bond motifs is 3. The van der Waals surface area contributed by atoms with Gasteiger partial charge in [0, 0.05) is 26.0 Å². The Morgan fingerprint density at radius 3 is 2.15 bits per heavy atom. The smallest absolute Gasteiger partial charge is 0.184 e. The van der Waals surface area contributed by atoms with E-state index in [0.717, 1.165) is 22.6 Å². The van der Waals surface area contributed by atoms with Gasteiger partial charge in [0.15, 0.2) is 12.1 Å². The standard InChI is InChI=1S/C25H25N5O3/c1-31-17-10-8-9-16(15-17)26-22(25(32-2)33-3)24-27-28-29-30(24)23-20-13-6-4-11-18(20)19-12-5-7-14-21(19)23/h4-15,22-23,25-26H,1-3H3. The average molecular weight is 444 g/mol. The SMILES string of the molecule is COc1cccc(NC(c2nnnn2C2c3ccccc3-c3ccccc32)C(OC)OC)c1. The zero-order chi connectivity index (χ0) is 22.8. The van der Waals surface area contributed by atoms with Gasteiger partial charge in [0.05, 0.1) is 7.11 Å². The molecule has 0 spiro atoms. The van der Waals surface area contributed by atoms with Gasteiger partial charge >= 0.3 is 0 Å². The van der Waals surface area contributed by atoms with Crippen LogP contribution in [0.25, 0.3) is 11.1 Å². The first-order valence-electron chi connectivity index (χ1n) is 10.7. The fourth-order valence-electron chi connectivity index (χ4n) is 4.50. The number of nitrogens with zero attached hydrogens (tertiary/aromatic N) is 4. The maximum absolute atomic E-state index is 5.65. The van der Waals surface area contributed by atoms with Crippen molar-refractivity contribution in [2.75, 3.05) is 26.6 Å². The molecule has 3 aromatic carbocycles. The largest absolute Gasteiger partial charge is 0.497 e. The lowest BCUT2D eigenvalue weighted by atomic mass is 10.0. The van der Waals surface area contributed by atoms with E-state index < -0.39 is 12.3 Å².